The summed E-state index contributed by atoms with van der Waals surface area (Å²) < 4.78 is 1.82. The van der Waals surface area contributed by atoms with Gasteiger partial charge >= 0.3 is 5.97 Å². The number of nitrogens with one attached hydrogen (secondary N) is 1. The molecule has 134 valence electrons. The van der Waals surface area contributed by atoms with Crippen molar-refractivity contribution in [3.63, 3.8) is 0 Å². The van der Waals surface area contributed by atoms with E-state index < -0.39 is 11.4 Å². The van der Waals surface area contributed by atoms with Crippen LogP contribution in [-0.2, 0) is 9.59 Å². The Bertz CT molecular complexity index is 741. The van der Waals surface area contributed by atoms with Gasteiger partial charge in [0, 0.05) is 12.2 Å². The van der Waals surface area contributed by atoms with Crippen LogP contribution in [0, 0.1) is 12.3 Å². The number of aromatic nitrogens is 3. The zero-order valence-corrected chi connectivity index (χ0v) is 15.3. The number of rotatable bonds is 8. The molecule has 0 spiro atoms. The third kappa shape index (κ3) is 5.32. The highest BCUT2D eigenvalue weighted by Crippen LogP contribution is 2.21. The predicted octanol–water partition coefficient (Wildman–Crippen LogP) is 2.28. The lowest BCUT2D eigenvalue weighted by molar-refractivity contribution is -0.147. The van der Waals surface area contributed by atoms with E-state index in [0.29, 0.717) is 18.1 Å². The van der Waals surface area contributed by atoms with Crippen LogP contribution in [-0.4, -0.2) is 44.0 Å². The monoisotopic (exact) mass is 362 g/mol. The second-order valence-corrected chi connectivity index (χ2v) is 7.34. The summed E-state index contributed by atoms with van der Waals surface area (Å²) >= 11 is 1.29. The minimum Gasteiger partial charge on any atom is -0.481 e. The maximum absolute atomic E-state index is 11.9. The van der Waals surface area contributed by atoms with Crippen molar-refractivity contribution < 1.29 is 14.7 Å². The minimum atomic E-state index is -0.873. The van der Waals surface area contributed by atoms with Crippen LogP contribution in [0.25, 0.3) is 5.69 Å². The van der Waals surface area contributed by atoms with Gasteiger partial charge in [-0.1, -0.05) is 29.5 Å². The maximum atomic E-state index is 11.9. The predicted molar refractivity (Wildman–Crippen MR) is 95.9 cm³/mol. The molecule has 8 heteroatoms. The van der Waals surface area contributed by atoms with Gasteiger partial charge in [0.1, 0.15) is 6.33 Å². The van der Waals surface area contributed by atoms with Crippen molar-refractivity contribution in [1.82, 2.24) is 20.1 Å². The van der Waals surface area contributed by atoms with Crippen LogP contribution in [0.1, 0.15) is 25.8 Å². The van der Waals surface area contributed by atoms with Gasteiger partial charge in [-0.2, -0.15) is 0 Å². The molecular weight excluding hydrogens is 340 g/mol. The summed E-state index contributed by atoms with van der Waals surface area (Å²) in [5.41, 5.74) is 1.24. The van der Waals surface area contributed by atoms with Crippen molar-refractivity contribution in [2.75, 3.05) is 12.3 Å². The van der Waals surface area contributed by atoms with Gasteiger partial charge in [-0.15, -0.1) is 10.2 Å². The Kier molecular flexibility index (Phi) is 6.19. The summed E-state index contributed by atoms with van der Waals surface area (Å²) in [7, 11) is 0. The Morgan fingerprint density at radius 2 is 1.96 bits per heavy atom. The SMILES string of the molecule is Cc1ccc(-n2cnnc2SCC(=O)NCCC(C)(C)C(=O)O)cc1. The van der Waals surface area contributed by atoms with Gasteiger partial charge in [0.25, 0.3) is 0 Å². The number of thioether (sulfide) groups is 1. The molecule has 1 aromatic carbocycles. The molecular formula is C17H22N4O3S. The number of aliphatic carboxylic acids is 1. The molecule has 1 amide bonds. The first kappa shape index (κ1) is 19.0. The number of carboxylic acid groups (broad SMARTS) is 1. The summed E-state index contributed by atoms with van der Waals surface area (Å²) in [6, 6.07) is 7.94. The minimum absolute atomic E-state index is 0.162. The molecule has 0 aliphatic rings. The molecule has 0 aliphatic carbocycles. The molecule has 1 aromatic heterocycles. The smallest absolute Gasteiger partial charge is 0.309 e. The van der Waals surface area contributed by atoms with Crippen LogP contribution in [0.3, 0.4) is 0 Å². The normalized spacial score (nSPS) is 11.3. The van der Waals surface area contributed by atoms with Crippen LogP contribution in [0.2, 0.25) is 0 Å². The molecule has 2 aromatic rings. The zero-order chi connectivity index (χ0) is 18.4. The zero-order valence-electron chi connectivity index (χ0n) is 14.5. The number of hydrogen-bond donors (Lipinski definition) is 2. The van der Waals surface area contributed by atoms with E-state index in [9.17, 15) is 9.59 Å². The van der Waals surface area contributed by atoms with E-state index in [1.165, 1.54) is 11.8 Å². The van der Waals surface area contributed by atoms with E-state index in [0.717, 1.165) is 11.3 Å². The average molecular weight is 362 g/mol. The lowest BCUT2D eigenvalue weighted by atomic mass is 9.90. The number of hydrogen-bond acceptors (Lipinski definition) is 5. The van der Waals surface area contributed by atoms with E-state index in [2.05, 4.69) is 15.5 Å². The number of nitrogens with zero attached hydrogens (tertiary/aromatic N) is 3. The quantitative estimate of drug-likeness (QED) is 0.699. The number of benzene rings is 1. The number of carboxylic acids is 1. The van der Waals surface area contributed by atoms with E-state index >= 15 is 0 Å². The molecule has 0 saturated heterocycles. The van der Waals surface area contributed by atoms with E-state index in [1.807, 2.05) is 35.8 Å². The number of amides is 1. The first-order valence-electron chi connectivity index (χ1n) is 7.89. The Hall–Kier alpha value is -2.35. The van der Waals surface area contributed by atoms with Gasteiger partial charge in [0.05, 0.1) is 11.2 Å². The van der Waals surface area contributed by atoms with Gasteiger partial charge in [-0.3, -0.25) is 14.2 Å². The number of carbonyl (C=O) groups is 2. The summed E-state index contributed by atoms with van der Waals surface area (Å²) in [4.78, 5) is 23.0. The van der Waals surface area contributed by atoms with Crippen molar-refractivity contribution >= 4 is 23.6 Å². The summed E-state index contributed by atoms with van der Waals surface area (Å²) in [5, 5.41) is 20.4. The largest absolute Gasteiger partial charge is 0.481 e. The highest BCUT2D eigenvalue weighted by molar-refractivity contribution is 7.99. The molecule has 0 atom stereocenters. The number of aryl methyl sites for hydroxylation is 1. The van der Waals surface area contributed by atoms with Crippen LogP contribution in [0.4, 0.5) is 0 Å². The van der Waals surface area contributed by atoms with Gasteiger partial charge in [-0.05, 0) is 39.3 Å². The molecule has 0 radical (unpaired) electrons. The Balaban J connectivity index is 1.86. The lowest BCUT2D eigenvalue weighted by Gasteiger charge is -2.18. The van der Waals surface area contributed by atoms with Crippen molar-refractivity contribution in [3.05, 3.63) is 36.2 Å². The molecule has 0 bridgehead atoms. The summed E-state index contributed by atoms with van der Waals surface area (Å²) in [6.45, 7) is 5.62. The topological polar surface area (TPSA) is 97.1 Å². The summed E-state index contributed by atoms with van der Waals surface area (Å²) in [5.74, 6) is -0.843. The third-order valence-corrected chi connectivity index (χ3v) is 4.76. The highest BCUT2D eigenvalue weighted by Gasteiger charge is 2.26. The fraction of sp³-hybridized carbons (Fsp3) is 0.412. The molecule has 2 N–H and O–H groups in total. The van der Waals surface area contributed by atoms with Crippen LogP contribution < -0.4 is 5.32 Å². The average Bonchev–Trinajstić information content (AvgIpc) is 3.02. The Morgan fingerprint density at radius 1 is 1.28 bits per heavy atom. The first-order valence-corrected chi connectivity index (χ1v) is 8.88. The van der Waals surface area contributed by atoms with Crippen LogP contribution in [0.15, 0.2) is 35.7 Å². The Labute approximate surface area is 150 Å². The first-order chi connectivity index (χ1) is 11.8. The summed E-state index contributed by atoms with van der Waals surface area (Å²) in [6.07, 6.45) is 1.98. The molecule has 1 heterocycles. The van der Waals surface area contributed by atoms with Gasteiger partial charge in [0.2, 0.25) is 5.91 Å². The highest BCUT2D eigenvalue weighted by atomic mass is 32.2. The number of carbonyl (C=O) groups excluding carboxylic acids is 1. The van der Waals surface area contributed by atoms with Crippen molar-refractivity contribution in [2.45, 2.75) is 32.3 Å². The molecule has 0 aliphatic heterocycles. The standard InChI is InChI=1S/C17H22N4O3S/c1-12-4-6-13(7-5-12)21-11-19-20-16(21)25-10-14(22)18-9-8-17(2,3)15(23)24/h4-7,11H,8-10H2,1-3H3,(H,18,22)(H,23,24). The molecule has 2 rings (SSSR count). The van der Waals surface area contributed by atoms with Gasteiger partial charge < -0.3 is 10.4 Å². The third-order valence-electron chi connectivity index (χ3n) is 3.81. The maximum Gasteiger partial charge on any atom is 0.309 e. The molecule has 0 saturated carbocycles. The van der Waals surface area contributed by atoms with Crippen molar-refractivity contribution in [3.8, 4) is 5.69 Å². The molecule has 25 heavy (non-hydrogen) atoms. The molecule has 0 fully saturated rings. The Morgan fingerprint density at radius 3 is 2.60 bits per heavy atom. The lowest BCUT2D eigenvalue weighted by Crippen LogP contribution is -2.32. The fourth-order valence-electron chi connectivity index (χ4n) is 2.01. The van der Waals surface area contributed by atoms with Crippen molar-refractivity contribution in [1.29, 1.82) is 0 Å². The molecule has 0 unspecified atom stereocenters. The second kappa shape index (κ2) is 8.15. The van der Waals surface area contributed by atoms with E-state index in [4.69, 9.17) is 5.11 Å². The van der Waals surface area contributed by atoms with Crippen LogP contribution in [0.5, 0.6) is 0 Å². The second-order valence-electron chi connectivity index (χ2n) is 6.40. The van der Waals surface area contributed by atoms with E-state index in [-0.39, 0.29) is 11.7 Å². The van der Waals surface area contributed by atoms with Crippen LogP contribution >= 0.6 is 11.8 Å². The molecule has 7 nitrogen and oxygen atoms in total. The van der Waals surface area contributed by atoms with Crippen molar-refractivity contribution in [2.24, 2.45) is 5.41 Å². The van der Waals surface area contributed by atoms with Gasteiger partial charge in [0.15, 0.2) is 5.16 Å². The van der Waals surface area contributed by atoms with Gasteiger partial charge in [-0.25, -0.2) is 0 Å². The van der Waals surface area contributed by atoms with E-state index in [1.54, 1.807) is 20.2 Å². The fourth-order valence-corrected chi connectivity index (χ4v) is 2.77.